The third-order valence-corrected chi connectivity index (χ3v) is 6.53. The summed E-state index contributed by atoms with van der Waals surface area (Å²) in [5.41, 5.74) is 11.2. The van der Waals surface area contributed by atoms with Crippen LogP contribution in [0.4, 0.5) is 11.4 Å². The van der Waals surface area contributed by atoms with Gasteiger partial charge in [0.1, 0.15) is 0 Å². The zero-order valence-corrected chi connectivity index (χ0v) is 16.0. The monoisotopic (exact) mass is 339 g/mol. The Morgan fingerprint density at radius 1 is 0.615 bits per heavy atom. The van der Waals surface area contributed by atoms with Crippen LogP contribution in [0.25, 0.3) is 0 Å². The van der Waals surface area contributed by atoms with E-state index in [1.54, 1.807) is 0 Å². The normalized spacial score (nSPS) is 18.0. The second kappa shape index (κ2) is 5.01. The fraction of sp³-hybridized carbons (Fsp3) is 0.280. The van der Waals surface area contributed by atoms with E-state index < -0.39 is 0 Å². The Bertz CT molecular complexity index is 955. The molecule has 1 heterocycles. The molecule has 5 rings (SSSR count). The van der Waals surface area contributed by atoms with E-state index in [-0.39, 0.29) is 10.8 Å². The van der Waals surface area contributed by atoms with E-state index in [1.807, 2.05) is 0 Å². The molecular formula is C25H25N. The first kappa shape index (κ1) is 15.7. The first-order chi connectivity index (χ1) is 12.4. The summed E-state index contributed by atoms with van der Waals surface area (Å²) in [5, 5.41) is 3.71. The molecule has 0 saturated carbocycles. The van der Waals surface area contributed by atoms with Crippen LogP contribution in [0.1, 0.15) is 61.1 Å². The zero-order valence-electron chi connectivity index (χ0n) is 16.0. The van der Waals surface area contributed by atoms with Gasteiger partial charge in [-0.1, -0.05) is 76.2 Å². The minimum atomic E-state index is 0.00726. The summed E-state index contributed by atoms with van der Waals surface area (Å²) in [6.45, 7) is 9.41. The van der Waals surface area contributed by atoms with Gasteiger partial charge in [0.2, 0.25) is 0 Å². The van der Waals surface area contributed by atoms with Gasteiger partial charge in [-0.3, -0.25) is 0 Å². The van der Waals surface area contributed by atoms with Crippen molar-refractivity contribution in [3.05, 3.63) is 94.0 Å². The first-order valence-electron chi connectivity index (χ1n) is 9.52. The standard InChI is InChI=1S/C25H25N/c1-24(2)18-10-6-5-9-16(18)13-17-14-21-23(15-20(17)24)26-22-12-8-7-11-19(22)25(21,3)4/h5-12,14-15,26H,13H2,1-4H3. The summed E-state index contributed by atoms with van der Waals surface area (Å²) < 4.78 is 0. The van der Waals surface area contributed by atoms with Gasteiger partial charge in [0.05, 0.1) is 0 Å². The lowest BCUT2D eigenvalue weighted by Gasteiger charge is -2.40. The van der Waals surface area contributed by atoms with Crippen molar-refractivity contribution in [2.24, 2.45) is 0 Å². The molecule has 0 fully saturated rings. The quantitative estimate of drug-likeness (QED) is 0.507. The predicted octanol–water partition coefficient (Wildman–Crippen LogP) is 6.30. The van der Waals surface area contributed by atoms with Crippen LogP contribution in [0.15, 0.2) is 60.7 Å². The lowest BCUT2D eigenvalue weighted by Crippen LogP contribution is -2.30. The Morgan fingerprint density at radius 3 is 2.08 bits per heavy atom. The van der Waals surface area contributed by atoms with Crippen molar-refractivity contribution in [3.63, 3.8) is 0 Å². The van der Waals surface area contributed by atoms with Gasteiger partial charge < -0.3 is 5.32 Å². The SMILES string of the molecule is CC1(C)c2ccccc2Cc2cc3c(cc21)Nc1ccccc1C3(C)C. The molecule has 1 nitrogen and oxygen atoms in total. The third kappa shape index (κ3) is 1.97. The Labute approximate surface area is 156 Å². The van der Waals surface area contributed by atoms with E-state index in [0.29, 0.717) is 0 Å². The molecule has 0 aromatic heterocycles. The second-order valence-electron chi connectivity index (χ2n) is 8.81. The molecule has 1 heteroatoms. The van der Waals surface area contributed by atoms with Crippen LogP contribution in [-0.4, -0.2) is 0 Å². The van der Waals surface area contributed by atoms with Crippen molar-refractivity contribution in [2.45, 2.75) is 44.9 Å². The van der Waals surface area contributed by atoms with Crippen molar-refractivity contribution >= 4 is 11.4 Å². The third-order valence-electron chi connectivity index (χ3n) is 6.53. The predicted molar refractivity (Wildman–Crippen MR) is 110 cm³/mol. The van der Waals surface area contributed by atoms with Crippen LogP contribution in [0, 0.1) is 0 Å². The molecule has 3 aromatic rings. The number of anilines is 2. The molecule has 1 aliphatic heterocycles. The zero-order chi connectivity index (χ0) is 18.1. The highest BCUT2D eigenvalue weighted by molar-refractivity contribution is 5.77. The molecule has 0 saturated heterocycles. The number of fused-ring (bicyclic) bond motifs is 4. The minimum Gasteiger partial charge on any atom is -0.355 e. The average Bonchev–Trinajstić information content (AvgIpc) is 2.62. The molecule has 26 heavy (non-hydrogen) atoms. The van der Waals surface area contributed by atoms with E-state index >= 15 is 0 Å². The summed E-state index contributed by atoms with van der Waals surface area (Å²) in [6, 6.07) is 22.5. The van der Waals surface area contributed by atoms with Crippen molar-refractivity contribution in [1.82, 2.24) is 0 Å². The van der Waals surface area contributed by atoms with Gasteiger partial charge in [0.15, 0.2) is 0 Å². The molecule has 2 aliphatic rings. The summed E-state index contributed by atoms with van der Waals surface area (Å²) >= 11 is 0. The molecule has 0 radical (unpaired) electrons. The molecule has 130 valence electrons. The van der Waals surface area contributed by atoms with Crippen molar-refractivity contribution in [1.29, 1.82) is 0 Å². The van der Waals surface area contributed by atoms with Gasteiger partial charge in [0.25, 0.3) is 0 Å². The maximum atomic E-state index is 3.71. The average molecular weight is 339 g/mol. The number of hydrogen-bond donors (Lipinski definition) is 1. The topological polar surface area (TPSA) is 12.0 Å². The van der Waals surface area contributed by atoms with Crippen LogP contribution in [0.3, 0.4) is 0 Å². The van der Waals surface area contributed by atoms with Crippen LogP contribution < -0.4 is 5.32 Å². The van der Waals surface area contributed by atoms with E-state index in [2.05, 4.69) is 93.7 Å². The summed E-state index contributed by atoms with van der Waals surface area (Å²) in [4.78, 5) is 0. The largest absolute Gasteiger partial charge is 0.355 e. The number of nitrogens with one attached hydrogen (secondary N) is 1. The molecular weight excluding hydrogens is 314 g/mol. The van der Waals surface area contributed by atoms with Crippen LogP contribution in [0.5, 0.6) is 0 Å². The van der Waals surface area contributed by atoms with Crippen molar-refractivity contribution in [2.75, 3.05) is 5.32 Å². The molecule has 0 atom stereocenters. The van der Waals surface area contributed by atoms with Crippen molar-refractivity contribution in [3.8, 4) is 0 Å². The summed E-state index contributed by atoms with van der Waals surface area (Å²) in [5.74, 6) is 0. The Morgan fingerprint density at radius 2 is 1.27 bits per heavy atom. The van der Waals surface area contributed by atoms with Gasteiger partial charge in [-0.25, -0.2) is 0 Å². The number of hydrogen-bond acceptors (Lipinski definition) is 1. The van der Waals surface area contributed by atoms with Gasteiger partial charge in [0, 0.05) is 22.2 Å². The van der Waals surface area contributed by atoms with E-state index in [1.165, 1.54) is 44.8 Å². The number of para-hydroxylation sites is 1. The Kier molecular flexibility index (Phi) is 3.02. The van der Waals surface area contributed by atoms with Crippen LogP contribution >= 0.6 is 0 Å². The van der Waals surface area contributed by atoms with E-state index in [9.17, 15) is 0 Å². The van der Waals surface area contributed by atoms with Gasteiger partial charge in [-0.2, -0.15) is 0 Å². The molecule has 1 N–H and O–H groups in total. The van der Waals surface area contributed by atoms with Gasteiger partial charge >= 0.3 is 0 Å². The maximum Gasteiger partial charge on any atom is 0.0429 e. The van der Waals surface area contributed by atoms with Crippen molar-refractivity contribution < 1.29 is 0 Å². The lowest BCUT2D eigenvalue weighted by atomic mass is 9.66. The molecule has 0 amide bonds. The van der Waals surface area contributed by atoms with E-state index in [4.69, 9.17) is 0 Å². The number of benzene rings is 3. The Hall–Kier alpha value is -2.54. The smallest absolute Gasteiger partial charge is 0.0429 e. The second-order valence-corrected chi connectivity index (χ2v) is 8.81. The first-order valence-corrected chi connectivity index (χ1v) is 9.52. The van der Waals surface area contributed by atoms with E-state index in [0.717, 1.165) is 6.42 Å². The Balaban J connectivity index is 1.74. The number of rotatable bonds is 0. The highest BCUT2D eigenvalue weighted by Gasteiger charge is 2.37. The fourth-order valence-corrected chi connectivity index (χ4v) is 5.05. The maximum absolute atomic E-state index is 3.71. The molecule has 1 aliphatic carbocycles. The molecule has 3 aromatic carbocycles. The fourth-order valence-electron chi connectivity index (χ4n) is 5.05. The van der Waals surface area contributed by atoms with Crippen LogP contribution in [0.2, 0.25) is 0 Å². The summed E-state index contributed by atoms with van der Waals surface area (Å²) in [6.07, 6.45) is 1.03. The highest BCUT2D eigenvalue weighted by atomic mass is 14.9. The van der Waals surface area contributed by atoms with Gasteiger partial charge in [-0.05, 0) is 51.9 Å². The summed E-state index contributed by atoms with van der Waals surface area (Å²) in [7, 11) is 0. The van der Waals surface area contributed by atoms with Crippen LogP contribution in [-0.2, 0) is 17.3 Å². The molecule has 0 spiro atoms. The molecule has 0 unspecified atom stereocenters. The molecule has 0 bridgehead atoms. The lowest BCUT2D eigenvalue weighted by molar-refractivity contribution is 0.601. The van der Waals surface area contributed by atoms with Gasteiger partial charge in [-0.15, -0.1) is 0 Å². The highest BCUT2D eigenvalue weighted by Crippen LogP contribution is 2.49. The minimum absolute atomic E-state index is 0.00726.